The van der Waals surface area contributed by atoms with E-state index in [1.54, 1.807) is 0 Å². The van der Waals surface area contributed by atoms with Gasteiger partial charge >= 0.3 is 0 Å². The normalized spacial score (nSPS) is 17.6. The monoisotopic (exact) mass is 439 g/mol. The molecule has 0 aromatic rings. The molecule has 0 amide bonds. The predicted octanol–water partition coefficient (Wildman–Crippen LogP) is 4.19. The Morgan fingerprint density at radius 2 is 1.87 bits per heavy atom. The van der Waals surface area contributed by atoms with Crippen LogP contribution in [0, 0.1) is 11.3 Å². The van der Waals surface area contributed by atoms with Crippen LogP contribution in [0.25, 0.3) is 0 Å². The van der Waals surface area contributed by atoms with Crippen molar-refractivity contribution in [1.82, 2.24) is 10.6 Å². The van der Waals surface area contributed by atoms with Crippen molar-refractivity contribution >= 4 is 29.9 Å². The molecule has 0 heterocycles. The second-order valence-electron chi connectivity index (χ2n) is 7.16. The van der Waals surface area contributed by atoms with E-state index in [9.17, 15) is 0 Å². The molecule has 138 valence electrons. The van der Waals surface area contributed by atoms with Crippen LogP contribution in [0.5, 0.6) is 0 Å². The number of ether oxygens (including phenoxy) is 1. The van der Waals surface area contributed by atoms with Gasteiger partial charge in [0, 0.05) is 32.3 Å². The average molecular weight is 439 g/mol. The summed E-state index contributed by atoms with van der Waals surface area (Å²) in [4.78, 5) is 4.83. The Bertz CT molecular complexity index is 330. The molecule has 0 aromatic carbocycles. The Balaban J connectivity index is 0.00000484. The van der Waals surface area contributed by atoms with Crippen LogP contribution in [0.2, 0.25) is 0 Å². The molecule has 1 aliphatic rings. The molecule has 0 aromatic heterocycles. The van der Waals surface area contributed by atoms with E-state index in [0.717, 1.165) is 44.6 Å². The Kier molecular flexibility index (Phi) is 12.3. The minimum atomic E-state index is 0. The smallest absolute Gasteiger partial charge is 0.191 e. The summed E-state index contributed by atoms with van der Waals surface area (Å²) in [7, 11) is 0. The van der Waals surface area contributed by atoms with Crippen molar-refractivity contribution in [2.45, 2.75) is 72.8 Å². The molecular formula is C18H38IN3O. The fraction of sp³-hybridized carbons (Fsp3) is 0.944. The Hall–Kier alpha value is -0.0400. The van der Waals surface area contributed by atoms with Crippen LogP contribution >= 0.6 is 24.0 Å². The third-order valence-corrected chi connectivity index (χ3v) is 4.41. The number of hydrogen-bond donors (Lipinski definition) is 2. The highest BCUT2D eigenvalue weighted by atomic mass is 127. The van der Waals surface area contributed by atoms with Gasteiger partial charge < -0.3 is 15.4 Å². The van der Waals surface area contributed by atoms with Crippen LogP contribution in [0.3, 0.4) is 0 Å². The van der Waals surface area contributed by atoms with Crippen molar-refractivity contribution in [1.29, 1.82) is 0 Å². The summed E-state index contributed by atoms with van der Waals surface area (Å²) >= 11 is 0. The van der Waals surface area contributed by atoms with Crippen molar-refractivity contribution in [3.8, 4) is 0 Å². The van der Waals surface area contributed by atoms with Gasteiger partial charge in [-0.1, -0.05) is 13.8 Å². The van der Waals surface area contributed by atoms with E-state index >= 15 is 0 Å². The van der Waals surface area contributed by atoms with E-state index in [4.69, 9.17) is 9.73 Å². The highest BCUT2D eigenvalue weighted by molar-refractivity contribution is 14.0. The molecule has 0 aliphatic heterocycles. The Morgan fingerprint density at radius 1 is 1.17 bits per heavy atom. The molecule has 1 atom stereocenters. The SMILES string of the molecule is CCNC(=NCC1(CCOCC)CC1)NC(C)CCC(C)C.I. The highest BCUT2D eigenvalue weighted by Gasteiger charge is 2.41. The minimum absolute atomic E-state index is 0. The number of nitrogens with zero attached hydrogens (tertiary/aromatic N) is 1. The van der Waals surface area contributed by atoms with Crippen molar-refractivity contribution in [3.63, 3.8) is 0 Å². The first-order chi connectivity index (χ1) is 10.5. The van der Waals surface area contributed by atoms with Crippen LogP contribution in [0.4, 0.5) is 0 Å². The lowest BCUT2D eigenvalue weighted by atomic mass is 10.0. The summed E-state index contributed by atoms with van der Waals surface area (Å²) in [6, 6.07) is 0.471. The molecule has 1 rings (SSSR count). The van der Waals surface area contributed by atoms with E-state index in [2.05, 4.69) is 45.3 Å². The maximum absolute atomic E-state index is 5.50. The second kappa shape index (κ2) is 12.3. The summed E-state index contributed by atoms with van der Waals surface area (Å²) in [5.41, 5.74) is 0.415. The predicted molar refractivity (Wildman–Crippen MR) is 111 cm³/mol. The highest BCUT2D eigenvalue weighted by Crippen LogP contribution is 2.48. The number of halogens is 1. The molecule has 0 bridgehead atoms. The minimum Gasteiger partial charge on any atom is -0.382 e. The van der Waals surface area contributed by atoms with Crippen LogP contribution < -0.4 is 10.6 Å². The molecule has 1 fully saturated rings. The van der Waals surface area contributed by atoms with Gasteiger partial charge in [0.05, 0.1) is 0 Å². The first-order valence-electron chi connectivity index (χ1n) is 9.14. The zero-order valence-corrected chi connectivity index (χ0v) is 18.1. The van der Waals surface area contributed by atoms with E-state index in [1.807, 2.05) is 0 Å². The van der Waals surface area contributed by atoms with Crippen molar-refractivity contribution in [3.05, 3.63) is 0 Å². The number of aliphatic imine (C=N–C) groups is 1. The zero-order valence-electron chi connectivity index (χ0n) is 15.8. The summed E-state index contributed by atoms with van der Waals surface area (Å²) in [6.07, 6.45) is 6.19. The molecule has 4 nitrogen and oxygen atoms in total. The topological polar surface area (TPSA) is 45.7 Å². The summed E-state index contributed by atoms with van der Waals surface area (Å²) in [5.74, 6) is 1.73. The summed E-state index contributed by atoms with van der Waals surface area (Å²) < 4.78 is 5.50. The van der Waals surface area contributed by atoms with Gasteiger partial charge in [-0.2, -0.15) is 0 Å². The van der Waals surface area contributed by atoms with Gasteiger partial charge in [-0.15, -0.1) is 24.0 Å². The van der Waals surface area contributed by atoms with Crippen LogP contribution in [0.15, 0.2) is 4.99 Å². The van der Waals surface area contributed by atoms with Crippen molar-refractivity contribution in [2.75, 3.05) is 26.3 Å². The summed E-state index contributed by atoms with van der Waals surface area (Å²) in [5, 5.41) is 6.92. The van der Waals surface area contributed by atoms with Gasteiger partial charge in [0.15, 0.2) is 5.96 Å². The number of rotatable bonds is 11. The van der Waals surface area contributed by atoms with Crippen molar-refractivity contribution < 1.29 is 4.74 Å². The average Bonchev–Trinajstić information content (AvgIpc) is 3.24. The quantitative estimate of drug-likeness (QED) is 0.220. The lowest BCUT2D eigenvalue weighted by Gasteiger charge is -2.20. The van der Waals surface area contributed by atoms with Gasteiger partial charge in [-0.05, 0) is 64.2 Å². The molecule has 1 saturated carbocycles. The molecule has 5 heteroatoms. The third kappa shape index (κ3) is 10.4. The number of nitrogens with one attached hydrogen (secondary N) is 2. The molecule has 1 aliphatic carbocycles. The number of guanidine groups is 1. The fourth-order valence-electron chi connectivity index (χ4n) is 2.55. The molecule has 2 N–H and O–H groups in total. The molecular weight excluding hydrogens is 401 g/mol. The fourth-order valence-corrected chi connectivity index (χ4v) is 2.55. The molecule has 0 radical (unpaired) electrons. The zero-order chi connectivity index (χ0) is 16.4. The third-order valence-electron chi connectivity index (χ3n) is 4.41. The van der Waals surface area contributed by atoms with Crippen molar-refractivity contribution in [2.24, 2.45) is 16.3 Å². The van der Waals surface area contributed by atoms with Gasteiger partial charge in [0.25, 0.3) is 0 Å². The largest absolute Gasteiger partial charge is 0.382 e. The Labute approximate surface area is 160 Å². The molecule has 0 spiro atoms. The standard InChI is InChI=1S/C18H37N3O.HI/c1-6-19-17(21-16(5)9-8-15(3)4)20-14-18(10-11-18)12-13-22-7-2;/h15-16H,6-14H2,1-5H3,(H2,19,20,21);1H. The van der Waals surface area contributed by atoms with E-state index in [0.29, 0.717) is 11.5 Å². The first kappa shape index (κ1) is 23.0. The lowest BCUT2D eigenvalue weighted by molar-refractivity contribution is 0.129. The molecule has 1 unspecified atom stereocenters. The number of hydrogen-bond acceptors (Lipinski definition) is 2. The van der Waals surface area contributed by atoms with E-state index in [-0.39, 0.29) is 24.0 Å². The van der Waals surface area contributed by atoms with E-state index < -0.39 is 0 Å². The lowest BCUT2D eigenvalue weighted by Crippen LogP contribution is -2.42. The first-order valence-corrected chi connectivity index (χ1v) is 9.14. The van der Waals surface area contributed by atoms with Gasteiger partial charge in [0.2, 0.25) is 0 Å². The van der Waals surface area contributed by atoms with Gasteiger partial charge in [0.1, 0.15) is 0 Å². The Morgan fingerprint density at radius 3 is 2.39 bits per heavy atom. The molecule has 23 heavy (non-hydrogen) atoms. The van der Waals surface area contributed by atoms with Gasteiger partial charge in [-0.25, -0.2) is 0 Å². The van der Waals surface area contributed by atoms with Crippen LogP contribution in [-0.4, -0.2) is 38.3 Å². The summed E-state index contributed by atoms with van der Waals surface area (Å²) in [6.45, 7) is 14.5. The maximum Gasteiger partial charge on any atom is 0.191 e. The van der Waals surface area contributed by atoms with Crippen LogP contribution in [-0.2, 0) is 4.74 Å². The van der Waals surface area contributed by atoms with Gasteiger partial charge in [-0.3, -0.25) is 4.99 Å². The maximum atomic E-state index is 5.50. The molecule has 0 saturated heterocycles. The second-order valence-corrected chi connectivity index (χ2v) is 7.16. The van der Waals surface area contributed by atoms with E-state index in [1.165, 1.54) is 25.7 Å². The van der Waals surface area contributed by atoms with Crippen LogP contribution in [0.1, 0.15) is 66.7 Å².